The summed E-state index contributed by atoms with van der Waals surface area (Å²) in [7, 11) is 0. The minimum atomic E-state index is -0.542. The number of para-hydroxylation sites is 2. The third kappa shape index (κ3) is 13.1. The number of aromatic hydroxyl groups is 2. The van der Waals surface area contributed by atoms with Gasteiger partial charge in [-0.05, 0) is 61.8 Å². The molecule has 0 heterocycles. The fourth-order valence-electron chi connectivity index (χ4n) is 4.83. The lowest BCUT2D eigenvalue weighted by molar-refractivity contribution is -0.122. The van der Waals surface area contributed by atoms with Gasteiger partial charge in [0, 0.05) is 12.8 Å². The second-order valence-electron chi connectivity index (χ2n) is 11.2. The molecule has 0 saturated carbocycles. The lowest BCUT2D eigenvalue weighted by atomic mass is 10.0. The topological polar surface area (TPSA) is 157 Å². The molecule has 0 aliphatic rings. The first kappa shape index (κ1) is 36.1. The van der Waals surface area contributed by atoms with Gasteiger partial charge in [-0.1, -0.05) is 89.5 Å². The van der Waals surface area contributed by atoms with Crippen LogP contribution in [-0.4, -0.2) is 33.8 Å². The number of carbonyl (C=O) groups excluding carboxylic acids is 4. The fourth-order valence-corrected chi connectivity index (χ4v) is 4.83. The van der Waals surface area contributed by atoms with E-state index in [4.69, 9.17) is 0 Å². The predicted octanol–water partition coefficient (Wildman–Crippen LogP) is 5.91. The molecule has 0 atom stereocenters. The molecule has 0 saturated heterocycles. The Hall–Kier alpha value is -4.08. The molecule has 0 fully saturated rings. The van der Waals surface area contributed by atoms with Crippen molar-refractivity contribution < 1.29 is 29.4 Å². The third-order valence-corrected chi connectivity index (χ3v) is 7.52. The summed E-state index contributed by atoms with van der Waals surface area (Å²) >= 11 is 0. The van der Waals surface area contributed by atoms with Crippen molar-refractivity contribution in [2.24, 2.45) is 0 Å². The van der Waals surface area contributed by atoms with E-state index in [0.29, 0.717) is 38.5 Å². The molecule has 0 spiro atoms. The zero-order chi connectivity index (χ0) is 32.2. The SMILES string of the molecule is CCCCc1cccc(C(=O)NNC(=O)CCCCCCCCCCC(=O)NNC(=O)c2cccc(CCCC)c2O)c1O. The number of hydrazine groups is 2. The zero-order valence-electron chi connectivity index (χ0n) is 26.3. The first-order valence-electron chi connectivity index (χ1n) is 16.1. The maximum Gasteiger partial charge on any atom is 0.273 e. The first-order chi connectivity index (χ1) is 21.3. The highest BCUT2D eigenvalue weighted by Gasteiger charge is 2.16. The molecule has 10 nitrogen and oxygen atoms in total. The summed E-state index contributed by atoms with van der Waals surface area (Å²) in [5.41, 5.74) is 11.3. The lowest BCUT2D eigenvalue weighted by Crippen LogP contribution is -2.41. The van der Waals surface area contributed by atoms with Crippen LogP contribution in [0.3, 0.4) is 0 Å². The highest BCUT2D eigenvalue weighted by Crippen LogP contribution is 2.25. The van der Waals surface area contributed by atoms with Crippen molar-refractivity contribution in [1.82, 2.24) is 21.7 Å². The van der Waals surface area contributed by atoms with Crippen LogP contribution >= 0.6 is 0 Å². The van der Waals surface area contributed by atoms with Gasteiger partial charge in [-0.25, -0.2) is 0 Å². The Balaban J connectivity index is 1.49. The number of benzene rings is 2. The number of rotatable bonds is 19. The molecule has 2 aromatic rings. The maximum atomic E-state index is 12.4. The highest BCUT2D eigenvalue weighted by atomic mass is 16.3. The van der Waals surface area contributed by atoms with Crippen LogP contribution in [0.2, 0.25) is 0 Å². The summed E-state index contributed by atoms with van der Waals surface area (Å²) in [6, 6.07) is 10.1. The Morgan fingerprint density at radius 3 is 1.25 bits per heavy atom. The monoisotopic (exact) mass is 610 g/mol. The molecular formula is C34H50N4O6. The number of hydrogen-bond acceptors (Lipinski definition) is 6. The van der Waals surface area contributed by atoms with Crippen molar-refractivity contribution in [3.05, 3.63) is 58.7 Å². The van der Waals surface area contributed by atoms with E-state index in [1.165, 1.54) is 12.1 Å². The maximum absolute atomic E-state index is 12.4. The predicted molar refractivity (Wildman–Crippen MR) is 171 cm³/mol. The van der Waals surface area contributed by atoms with E-state index >= 15 is 0 Å². The average molecular weight is 611 g/mol. The summed E-state index contributed by atoms with van der Waals surface area (Å²) in [5, 5.41) is 20.7. The van der Waals surface area contributed by atoms with Crippen molar-refractivity contribution in [1.29, 1.82) is 0 Å². The fraction of sp³-hybridized carbons (Fsp3) is 0.529. The molecule has 0 unspecified atom stereocenters. The van der Waals surface area contributed by atoms with Gasteiger partial charge in [0.2, 0.25) is 11.8 Å². The summed E-state index contributed by atoms with van der Waals surface area (Å²) in [5.74, 6) is -1.71. The van der Waals surface area contributed by atoms with Gasteiger partial charge in [0.15, 0.2) is 0 Å². The number of phenols is 2. The van der Waals surface area contributed by atoms with E-state index in [1.807, 2.05) is 0 Å². The molecule has 0 radical (unpaired) electrons. The Labute approximate surface area is 261 Å². The summed E-state index contributed by atoms with van der Waals surface area (Å²) < 4.78 is 0. The van der Waals surface area contributed by atoms with Crippen LogP contribution in [0.4, 0.5) is 0 Å². The Kier molecular flexibility index (Phi) is 17.0. The van der Waals surface area contributed by atoms with E-state index in [0.717, 1.165) is 75.3 Å². The second-order valence-corrected chi connectivity index (χ2v) is 11.2. The zero-order valence-corrected chi connectivity index (χ0v) is 26.3. The molecule has 0 aromatic heterocycles. The van der Waals surface area contributed by atoms with E-state index in [9.17, 15) is 29.4 Å². The molecule has 242 valence electrons. The van der Waals surface area contributed by atoms with Gasteiger partial charge < -0.3 is 10.2 Å². The molecule has 6 N–H and O–H groups in total. The smallest absolute Gasteiger partial charge is 0.273 e. The van der Waals surface area contributed by atoms with E-state index in [-0.39, 0.29) is 34.4 Å². The van der Waals surface area contributed by atoms with Gasteiger partial charge in [-0.3, -0.25) is 40.9 Å². The quantitative estimate of drug-likeness (QED) is 0.0858. The third-order valence-electron chi connectivity index (χ3n) is 7.52. The summed E-state index contributed by atoms with van der Waals surface area (Å²) in [6.45, 7) is 4.12. The van der Waals surface area contributed by atoms with Gasteiger partial charge in [0.1, 0.15) is 11.5 Å². The van der Waals surface area contributed by atoms with Gasteiger partial charge >= 0.3 is 0 Å². The van der Waals surface area contributed by atoms with Crippen LogP contribution in [0.5, 0.6) is 11.5 Å². The minimum absolute atomic E-state index is 0.0405. The average Bonchev–Trinajstić information content (AvgIpc) is 3.02. The standard InChI is InChI=1S/C34H50N4O6/c1-3-5-17-25-19-15-21-27(31(25)41)33(43)37-35-29(39)23-13-11-9-7-8-10-12-14-24-30(40)36-38-34(44)28-22-16-20-26(32(28)42)18-6-4-2/h15-16,19-22,41-42H,3-14,17-18,23-24H2,1-2H3,(H,35,39)(H,36,40)(H,37,43)(H,38,44). The summed E-state index contributed by atoms with van der Waals surface area (Å²) in [6.07, 6.45) is 13.1. The Morgan fingerprint density at radius 2 is 0.886 bits per heavy atom. The number of nitrogens with one attached hydrogen (secondary N) is 4. The molecular weight excluding hydrogens is 560 g/mol. The highest BCUT2D eigenvalue weighted by molar-refractivity contribution is 5.98. The molecule has 44 heavy (non-hydrogen) atoms. The normalized spacial score (nSPS) is 10.7. The molecule has 0 aliphatic heterocycles. The molecule has 0 aliphatic carbocycles. The second kappa shape index (κ2) is 20.8. The number of hydrogen-bond donors (Lipinski definition) is 6. The summed E-state index contributed by atoms with van der Waals surface area (Å²) in [4.78, 5) is 49.0. The van der Waals surface area contributed by atoms with E-state index in [2.05, 4.69) is 35.6 Å². The van der Waals surface area contributed by atoms with Gasteiger partial charge in [-0.2, -0.15) is 0 Å². The van der Waals surface area contributed by atoms with Crippen molar-refractivity contribution in [3.8, 4) is 11.5 Å². The lowest BCUT2D eigenvalue weighted by Gasteiger charge is -2.11. The number of amides is 4. The molecule has 4 amide bonds. The Bertz CT molecular complexity index is 1120. The van der Waals surface area contributed by atoms with Gasteiger partial charge in [0.25, 0.3) is 11.8 Å². The van der Waals surface area contributed by atoms with Crippen LogP contribution in [0.25, 0.3) is 0 Å². The van der Waals surface area contributed by atoms with Crippen molar-refractivity contribution in [3.63, 3.8) is 0 Å². The first-order valence-corrected chi connectivity index (χ1v) is 16.1. The van der Waals surface area contributed by atoms with Crippen LogP contribution in [0.1, 0.15) is 136 Å². The number of carbonyl (C=O) groups is 4. The Morgan fingerprint density at radius 1 is 0.523 bits per heavy atom. The van der Waals surface area contributed by atoms with E-state index < -0.39 is 11.8 Å². The number of phenolic OH excluding ortho intramolecular Hbond substituents is 2. The largest absolute Gasteiger partial charge is 0.507 e. The van der Waals surface area contributed by atoms with Crippen molar-refractivity contribution >= 4 is 23.6 Å². The van der Waals surface area contributed by atoms with E-state index in [1.54, 1.807) is 24.3 Å². The van der Waals surface area contributed by atoms with Gasteiger partial charge in [-0.15, -0.1) is 0 Å². The molecule has 2 rings (SSSR count). The molecule has 2 aromatic carbocycles. The molecule has 0 bridgehead atoms. The molecule has 10 heteroatoms. The van der Waals surface area contributed by atoms with Crippen LogP contribution < -0.4 is 21.7 Å². The van der Waals surface area contributed by atoms with Gasteiger partial charge in [0.05, 0.1) is 11.1 Å². The van der Waals surface area contributed by atoms with Crippen LogP contribution in [0, 0.1) is 0 Å². The number of unbranched alkanes of at least 4 members (excludes halogenated alkanes) is 9. The van der Waals surface area contributed by atoms with Crippen molar-refractivity contribution in [2.75, 3.05) is 0 Å². The number of aryl methyl sites for hydroxylation is 2. The van der Waals surface area contributed by atoms with Crippen LogP contribution in [-0.2, 0) is 22.4 Å². The van der Waals surface area contributed by atoms with Crippen molar-refractivity contribution in [2.45, 2.75) is 117 Å². The minimum Gasteiger partial charge on any atom is -0.507 e. The van der Waals surface area contributed by atoms with Crippen LogP contribution in [0.15, 0.2) is 36.4 Å².